The lowest BCUT2D eigenvalue weighted by Gasteiger charge is -2.08. The molecule has 0 amide bonds. The van der Waals surface area contributed by atoms with Gasteiger partial charge in [-0.2, -0.15) is 0 Å². The highest BCUT2D eigenvalue weighted by molar-refractivity contribution is 8.13. The van der Waals surface area contributed by atoms with E-state index in [-0.39, 0.29) is 5.12 Å². The molecule has 0 bridgehead atoms. The number of thioether (sulfide) groups is 1. The Kier molecular flexibility index (Phi) is 8.07. The summed E-state index contributed by atoms with van der Waals surface area (Å²) in [6.07, 6.45) is 1.79. The zero-order valence-electron chi connectivity index (χ0n) is 18.0. The zero-order chi connectivity index (χ0) is 22.2. The van der Waals surface area contributed by atoms with Crippen LogP contribution in [0.15, 0.2) is 70.5 Å². The number of carbonyl (C=O) groups excluding carboxylic acids is 1. The van der Waals surface area contributed by atoms with Crippen LogP contribution < -0.4 is 0 Å². The second-order valence-electron chi connectivity index (χ2n) is 7.04. The van der Waals surface area contributed by atoms with E-state index in [2.05, 4.69) is 62.3 Å². The summed E-state index contributed by atoms with van der Waals surface area (Å²) in [6, 6.07) is 20.0. The Balaban J connectivity index is 1.90. The molecular weight excluding hydrogens is 416 g/mol. The molecule has 0 aliphatic heterocycles. The Morgan fingerprint density at radius 3 is 1.65 bits per heavy atom. The van der Waals surface area contributed by atoms with E-state index in [4.69, 9.17) is 0 Å². The Morgan fingerprint density at radius 1 is 0.774 bits per heavy atom. The van der Waals surface area contributed by atoms with Crippen molar-refractivity contribution in [3.05, 3.63) is 94.0 Å². The fourth-order valence-electron chi connectivity index (χ4n) is 3.10. The van der Waals surface area contributed by atoms with E-state index in [0.717, 1.165) is 44.9 Å². The third-order valence-corrected chi connectivity index (χ3v) is 5.85. The average Bonchev–Trinajstić information content (AvgIpc) is 2.77. The molecule has 0 aliphatic rings. The van der Waals surface area contributed by atoms with Gasteiger partial charge in [0, 0.05) is 39.0 Å². The Hall–Kier alpha value is -2.85. The van der Waals surface area contributed by atoms with Gasteiger partial charge in [0.1, 0.15) is 0 Å². The van der Waals surface area contributed by atoms with E-state index in [1.54, 1.807) is 6.92 Å². The molecule has 0 radical (unpaired) electrons. The number of benzene rings is 3. The lowest BCUT2D eigenvalue weighted by atomic mass is 9.95. The molecule has 154 valence electrons. The van der Waals surface area contributed by atoms with Crippen LogP contribution in [0.25, 0.3) is 0 Å². The smallest absolute Gasteiger partial charge is 0.190 e. The van der Waals surface area contributed by atoms with Crippen LogP contribution in [0.4, 0.5) is 0 Å². The molecule has 3 aromatic carbocycles. The molecule has 3 rings (SSSR count). The lowest BCUT2D eigenvalue weighted by molar-refractivity contribution is -0.109. The van der Waals surface area contributed by atoms with E-state index in [1.807, 2.05) is 48.5 Å². The second-order valence-corrected chi connectivity index (χ2v) is 8.81. The number of rotatable bonds is 3. The van der Waals surface area contributed by atoms with E-state index in [9.17, 15) is 4.79 Å². The average molecular weight is 441 g/mol. The largest absolute Gasteiger partial charge is 0.287 e. The van der Waals surface area contributed by atoms with Crippen LogP contribution in [0.1, 0.15) is 54.2 Å². The Labute approximate surface area is 195 Å². The molecule has 0 atom stereocenters. The fourth-order valence-corrected chi connectivity index (χ4v) is 3.86. The maximum atomic E-state index is 11.2. The molecule has 0 N–H and O–H groups in total. The summed E-state index contributed by atoms with van der Waals surface area (Å²) in [7, 11) is 0. The Morgan fingerprint density at radius 2 is 1.23 bits per heavy atom. The maximum absolute atomic E-state index is 11.2. The van der Waals surface area contributed by atoms with Gasteiger partial charge in [-0.1, -0.05) is 49.3 Å². The van der Waals surface area contributed by atoms with Crippen LogP contribution in [0.2, 0.25) is 0 Å². The molecule has 0 saturated heterocycles. The molecule has 3 aromatic rings. The minimum atomic E-state index is 0.0837. The molecule has 0 unspecified atom stereocenters. The summed E-state index contributed by atoms with van der Waals surface area (Å²) in [4.78, 5) is 13.1. The monoisotopic (exact) mass is 440 g/mol. The van der Waals surface area contributed by atoms with Crippen molar-refractivity contribution in [3.63, 3.8) is 0 Å². The standard InChI is InChI=1S/C28H24OS2/c1-4-23-19-26(13-7-22-10-16-28(17-11-22)31-20(3)29)24(5-2)18-25(23)12-6-21-8-14-27(30)15-9-21/h8-11,14-19,30H,4-5H2,1-3H3. The van der Waals surface area contributed by atoms with Gasteiger partial charge in [0.15, 0.2) is 5.12 Å². The first-order valence-corrected chi connectivity index (χ1v) is 11.5. The predicted molar refractivity (Wildman–Crippen MR) is 134 cm³/mol. The van der Waals surface area contributed by atoms with Crippen LogP contribution in [0.5, 0.6) is 0 Å². The summed E-state index contributed by atoms with van der Waals surface area (Å²) >= 11 is 5.56. The van der Waals surface area contributed by atoms with Gasteiger partial charge in [-0.15, -0.1) is 12.6 Å². The van der Waals surface area contributed by atoms with E-state index in [0.29, 0.717) is 0 Å². The molecule has 0 saturated carbocycles. The Bertz CT molecular complexity index is 1200. The van der Waals surface area contributed by atoms with Crippen LogP contribution >= 0.6 is 24.4 Å². The first kappa shape index (κ1) is 22.8. The molecule has 0 heterocycles. The van der Waals surface area contributed by atoms with Gasteiger partial charge in [0.25, 0.3) is 0 Å². The molecule has 0 aliphatic carbocycles. The van der Waals surface area contributed by atoms with Crippen molar-refractivity contribution >= 4 is 29.5 Å². The molecule has 0 spiro atoms. The van der Waals surface area contributed by atoms with Gasteiger partial charge < -0.3 is 0 Å². The minimum absolute atomic E-state index is 0.0837. The maximum Gasteiger partial charge on any atom is 0.190 e. The van der Waals surface area contributed by atoms with Crippen LogP contribution in [0.3, 0.4) is 0 Å². The van der Waals surface area contributed by atoms with Gasteiger partial charge in [0.2, 0.25) is 0 Å². The number of thiol groups is 1. The summed E-state index contributed by atoms with van der Waals surface area (Å²) < 4.78 is 0. The predicted octanol–water partition coefficient (Wildman–Crippen LogP) is 6.54. The van der Waals surface area contributed by atoms with E-state index in [1.165, 1.54) is 22.9 Å². The summed E-state index contributed by atoms with van der Waals surface area (Å²) in [6.45, 7) is 5.86. The number of hydrogen-bond donors (Lipinski definition) is 1. The van der Waals surface area contributed by atoms with Crippen molar-refractivity contribution in [1.29, 1.82) is 0 Å². The van der Waals surface area contributed by atoms with E-state index >= 15 is 0 Å². The fraction of sp³-hybridized carbons (Fsp3) is 0.179. The molecule has 31 heavy (non-hydrogen) atoms. The van der Waals surface area contributed by atoms with Gasteiger partial charge >= 0.3 is 0 Å². The summed E-state index contributed by atoms with van der Waals surface area (Å²) in [5.41, 5.74) is 6.42. The van der Waals surface area contributed by atoms with Crippen molar-refractivity contribution in [1.82, 2.24) is 0 Å². The van der Waals surface area contributed by atoms with Crippen LogP contribution in [-0.2, 0) is 17.6 Å². The van der Waals surface area contributed by atoms with Crippen molar-refractivity contribution in [3.8, 4) is 23.7 Å². The first-order chi connectivity index (χ1) is 15.0. The number of carbonyl (C=O) groups is 1. The van der Waals surface area contributed by atoms with Crippen molar-refractivity contribution in [2.75, 3.05) is 0 Å². The number of aryl methyl sites for hydroxylation is 2. The highest BCUT2D eigenvalue weighted by Gasteiger charge is 2.06. The number of hydrogen-bond acceptors (Lipinski definition) is 3. The highest BCUT2D eigenvalue weighted by Crippen LogP contribution is 2.20. The highest BCUT2D eigenvalue weighted by atomic mass is 32.2. The SMILES string of the molecule is CCc1cc(C#Cc2ccc(SC(C)=O)cc2)c(CC)cc1C#Cc1ccc(S)cc1. The van der Waals surface area contributed by atoms with Gasteiger partial charge in [-0.25, -0.2) is 0 Å². The minimum Gasteiger partial charge on any atom is -0.287 e. The quantitative estimate of drug-likeness (QED) is 0.283. The van der Waals surface area contributed by atoms with Crippen molar-refractivity contribution in [2.24, 2.45) is 0 Å². The van der Waals surface area contributed by atoms with Crippen molar-refractivity contribution in [2.45, 2.75) is 43.4 Å². The van der Waals surface area contributed by atoms with Gasteiger partial charge in [-0.05, 0) is 84.6 Å². The lowest BCUT2D eigenvalue weighted by Crippen LogP contribution is -1.96. The van der Waals surface area contributed by atoms with Gasteiger partial charge in [0.05, 0.1) is 0 Å². The van der Waals surface area contributed by atoms with Crippen LogP contribution in [0, 0.1) is 23.7 Å². The molecule has 3 heteroatoms. The molecule has 1 nitrogen and oxygen atoms in total. The summed E-state index contributed by atoms with van der Waals surface area (Å²) in [5, 5.41) is 0.0837. The third kappa shape index (κ3) is 6.56. The normalized spacial score (nSPS) is 9.94. The topological polar surface area (TPSA) is 17.1 Å². The summed E-state index contributed by atoms with van der Waals surface area (Å²) in [5.74, 6) is 13.2. The van der Waals surface area contributed by atoms with Crippen LogP contribution in [-0.4, -0.2) is 5.12 Å². The van der Waals surface area contributed by atoms with Gasteiger partial charge in [-0.3, -0.25) is 4.79 Å². The zero-order valence-corrected chi connectivity index (χ0v) is 19.7. The first-order valence-electron chi connectivity index (χ1n) is 10.3. The second kappa shape index (κ2) is 11.0. The van der Waals surface area contributed by atoms with Crippen molar-refractivity contribution < 1.29 is 4.79 Å². The molecule has 0 fully saturated rings. The molecule has 0 aromatic heterocycles. The third-order valence-electron chi connectivity index (χ3n) is 4.76. The van der Waals surface area contributed by atoms with E-state index < -0.39 is 0 Å². The molecular formula is C28H24OS2.